The number of nitrogens with zero attached hydrogens (tertiary/aromatic N) is 1. The Labute approximate surface area is 163 Å². The minimum absolute atomic E-state index is 0.888. The van der Waals surface area contributed by atoms with Crippen LogP contribution in [0.25, 0.3) is 11.1 Å². The number of hydrogen-bond acceptors (Lipinski definition) is 2. The zero-order chi connectivity index (χ0) is 18.9. The Balaban J connectivity index is 1.53. The number of ether oxygens (including phenoxy) is 1. The fraction of sp³-hybridized carbons (Fsp3) is 0.320. The third-order valence-electron chi connectivity index (χ3n) is 5.00. The van der Waals surface area contributed by atoms with Crippen molar-refractivity contribution in [3.63, 3.8) is 0 Å². The summed E-state index contributed by atoms with van der Waals surface area (Å²) >= 11 is 0. The molecule has 0 aliphatic carbocycles. The lowest BCUT2D eigenvalue weighted by Gasteiger charge is -2.07. The number of aryl methyl sites for hydroxylation is 3. The van der Waals surface area contributed by atoms with Crippen molar-refractivity contribution < 1.29 is 4.74 Å². The van der Waals surface area contributed by atoms with Crippen molar-refractivity contribution in [2.75, 3.05) is 7.11 Å². The molecule has 0 spiro atoms. The molecule has 0 aliphatic rings. The maximum absolute atomic E-state index is 5.22. The summed E-state index contributed by atoms with van der Waals surface area (Å²) in [4.78, 5) is 4.64. The minimum atomic E-state index is 0.888. The van der Waals surface area contributed by atoms with Crippen LogP contribution in [-0.4, -0.2) is 12.1 Å². The summed E-state index contributed by atoms with van der Waals surface area (Å²) in [5, 5.41) is 0. The normalized spacial score (nSPS) is 10.7. The largest absolute Gasteiger partial charge is 0.497 e. The van der Waals surface area contributed by atoms with Crippen LogP contribution in [-0.2, 0) is 19.3 Å². The highest BCUT2D eigenvalue weighted by Gasteiger charge is 2.02. The second kappa shape index (κ2) is 9.91. The summed E-state index contributed by atoms with van der Waals surface area (Å²) in [7, 11) is 1.69. The Bertz CT molecular complexity index is 804. The first-order chi connectivity index (χ1) is 13.3. The van der Waals surface area contributed by atoms with E-state index in [1.54, 1.807) is 7.11 Å². The Hall–Kier alpha value is -2.61. The molecule has 0 aliphatic heterocycles. The summed E-state index contributed by atoms with van der Waals surface area (Å²) in [5.74, 6) is 0.888. The number of aromatic nitrogens is 1. The first-order valence-corrected chi connectivity index (χ1v) is 9.95. The van der Waals surface area contributed by atoms with E-state index in [0.717, 1.165) is 25.0 Å². The molecule has 27 heavy (non-hydrogen) atoms. The maximum atomic E-state index is 5.22. The number of unbranched alkanes of at least 4 members (excludes halogenated alkanes) is 2. The fourth-order valence-corrected chi connectivity index (χ4v) is 3.25. The van der Waals surface area contributed by atoms with Gasteiger partial charge in [-0.1, -0.05) is 62.2 Å². The van der Waals surface area contributed by atoms with E-state index in [1.807, 2.05) is 12.1 Å². The van der Waals surface area contributed by atoms with Gasteiger partial charge in [-0.25, -0.2) is 0 Å². The van der Waals surface area contributed by atoms with Crippen molar-refractivity contribution in [3.05, 3.63) is 83.7 Å². The highest BCUT2D eigenvalue weighted by Crippen LogP contribution is 2.23. The molecule has 0 unspecified atom stereocenters. The molecule has 0 bridgehead atoms. The predicted molar refractivity (Wildman–Crippen MR) is 113 cm³/mol. The van der Waals surface area contributed by atoms with Gasteiger partial charge in [0.15, 0.2) is 0 Å². The molecular formula is C25H29NO. The van der Waals surface area contributed by atoms with Gasteiger partial charge in [0.25, 0.3) is 0 Å². The quantitative estimate of drug-likeness (QED) is 0.420. The number of hydrogen-bond donors (Lipinski definition) is 0. The van der Waals surface area contributed by atoms with Gasteiger partial charge >= 0.3 is 0 Å². The molecule has 140 valence electrons. The molecule has 0 saturated heterocycles. The summed E-state index contributed by atoms with van der Waals surface area (Å²) in [6.45, 7) is 2.24. The molecule has 0 saturated carbocycles. The van der Waals surface area contributed by atoms with Crippen LogP contribution in [0.4, 0.5) is 0 Å². The van der Waals surface area contributed by atoms with Crippen LogP contribution in [0, 0.1) is 0 Å². The first kappa shape index (κ1) is 19.2. The first-order valence-electron chi connectivity index (χ1n) is 9.95. The second-order valence-corrected chi connectivity index (χ2v) is 7.04. The van der Waals surface area contributed by atoms with Crippen LogP contribution in [0.2, 0.25) is 0 Å². The molecule has 2 heteroatoms. The summed E-state index contributed by atoms with van der Waals surface area (Å²) < 4.78 is 5.22. The third-order valence-corrected chi connectivity index (χ3v) is 5.00. The SMILES string of the molecule is CCCCCc1ccc(CCc2ccc(-c3ccc(OC)cc3)cc2)nc1. The van der Waals surface area contributed by atoms with E-state index < -0.39 is 0 Å². The number of methoxy groups -OCH3 is 1. The van der Waals surface area contributed by atoms with E-state index in [2.05, 4.69) is 66.6 Å². The maximum Gasteiger partial charge on any atom is 0.118 e. The van der Waals surface area contributed by atoms with Gasteiger partial charge in [-0.15, -0.1) is 0 Å². The summed E-state index contributed by atoms with van der Waals surface area (Å²) in [5.41, 5.74) is 6.32. The van der Waals surface area contributed by atoms with Crippen molar-refractivity contribution >= 4 is 0 Å². The zero-order valence-electron chi connectivity index (χ0n) is 16.4. The Morgan fingerprint density at radius 1 is 0.704 bits per heavy atom. The number of rotatable bonds is 9. The lowest BCUT2D eigenvalue weighted by Crippen LogP contribution is -1.96. The van der Waals surface area contributed by atoms with E-state index in [0.29, 0.717) is 0 Å². The molecule has 2 aromatic carbocycles. The third kappa shape index (κ3) is 5.68. The van der Waals surface area contributed by atoms with Crippen molar-refractivity contribution in [2.24, 2.45) is 0 Å². The number of benzene rings is 2. The molecule has 0 radical (unpaired) electrons. The van der Waals surface area contributed by atoms with E-state index in [1.165, 1.54) is 47.2 Å². The van der Waals surface area contributed by atoms with Gasteiger partial charge in [-0.3, -0.25) is 4.98 Å². The van der Waals surface area contributed by atoms with Crippen LogP contribution in [0.5, 0.6) is 5.75 Å². The van der Waals surface area contributed by atoms with E-state index >= 15 is 0 Å². The van der Waals surface area contributed by atoms with Crippen molar-refractivity contribution in [1.29, 1.82) is 0 Å². The van der Waals surface area contributed by atoms with Gasteiger partial charge in [0.1, 0.15) is 5.75 Å². The molecule has 3 rings (SSSR count). The van der Waals surface area contributed by atoms with Crippen LogP contribution in [0.15, 0.2) is 66.9 Å². The Morgan fingerprint density at radius 3 is 1.96 bits per heavy atom. The van der Waals surface area contributed by atoms with Gasteiger partial charge in [0.2, 0.25) is 0 Å². The van der Waals surface area contributed by atoms with Gasteiger partial charge in [-0.2, -0.15) is 0 Å². The van der Waals surface area contributed by atoms with Gasteiger partial charge in [0.05, 0.1) is 7.11 Å². The molecule has 2 nitrogen and oxygen atoms in total. The zero-order valence-corrected chi connectivity index (χ0v) is 16.4. The van der Waals surface area contributed by atoms with Crippen LogP contribution in [0.3, 0.4) is 0 Å². The monoisotopic (exact) mass is 359 g/mol. The van der Waals surface area contributed by atoms with Crippen LogP contribution < -0.4 is 4.74 Å². The average Bonchev–Trinajstić information content (AvgIpc) is 2.74. The van der Waals surface area contributed by atoms with Crippen molar-refractivity contribution in [1.82, 2.24) is 4.98 Å². The van der Waals surface area contributed by atoms with Gasteiger partial charge < -0.3 is 4.74 Å². The lowest BCUT2D eigenvalue weighted by molar-refractivity contribution is 0.415. The second-order valence-electron chi connectivity index (χ2n) is 7.04. The fourth-order valence-electron chi connectivity index (χ4n) is 3.25. The molecule has 0 atom stereocenters. The number of pyridine rings is 1. The standard InChI is InChI=1S/C25H29NO/c1-3-4-5-6-21-10-16-24(26-19-21)15-9-20-7-11-22(12-8-20)23-13-17-25(27-2)18-14-23/h7-8,10-14,16-19H,3-6,9,15H2,1-2H3. The molecule has 1 aromatic heterocycles. The lowest BCUT2D eigenvalue weighted by atomic mass is 10.0. The topological polar surface area (TPSA) is 22.1 Å². The summed E-state index contributed by atoms with van der Waals surface area (Å²) in [6.07, 6.45) is 9.03. The predicted octanol–water partition coefficient (Wildman–Crippen LogP) is 6.28. The highest BCUT2D eigenvalue weighted by atomic mass is 16.5. The van der Waals surface area contributed by atoms with Crippen LogP contribution in [0.1, 0.15) is 43.0 Å². The molecule has 1 heterocycles. The van der Waals surface area contributed by atoms with Gasteiger partial charge in [-0.05, 0) is 66.1 Å². The molecule has 3 aromatic rings. The molecule has 0 amide bonds. The van der Waals surface area contributed by atoms with E-state index in [4.69, 9.17) is 4.74 Å². The smallest absolute Gasteiger partial charge is 0.118 e. The molecule has 0 fully saturated rings. The van der Waals surface area contributed by atoms with Gasteiger partial charge in [0, 0.05) is 11.9 Å². The van der Waals surface area contributed by atoms with E-state index in [-0.39, 0.29) is 0 Å². The van der Waals surface area contributed by atoms with Crippen LogP contribution >= 0.6 is 0 Å². The van der Waals surface area contributed by atoms with E-state index in [9.17, 15) is 0 Å². The highest BCUT2D eigenvalue weighted by molar-refractivity contribution is 5.64. The Morgan fingerprint density at radius 2 is 1.37 bits per heavy atom. The Kier molecular flexibility index (Phi) is 7.04. The molecule has 0 N–H and O–H groups in total. The molecular weight excluding hydrogens is 330 g/mol. The average molecular weight is 360 g/mol. The van der Waals surface area contributed by atoms with Crippen molar-refractivity contribution in [2.45, 2.75) is 45.4 Å². The minimum Gasteiger partial charge on any atom is -0.497 e. The van der Waals surface area contributed by atoms with Crippen molar-refractivity contribution in [3.8, 4) is 16.9 Å². The summed E-state index contributed by atoms with van der Waals surface area (Å²) in [6, 6.07) is 21.5.